The molecule has 1 saturated heterocycles. The van der Waals surface area contributed by atoms with Crippen LogP contribution in [0.2, 0.25) is 0 Å². The van der Waals surface area contributed by atoms with E-state index in [1.54, 1.807) is 12.3 Å². The first-order valence-electron chi connectivity index (χ1n) is 6.12. The molecule has 2 heterocycles. The van der Waals surface area contributed by atoms with Crippen LogP contribution in [0.5, 0.6) is 0 Å². The van der Waals surface area contributed by atoms with Gasteiger partial charge >= 0.3 is 6.03 Å². The van der Waals surface area contributed by atoms with Crippen molar-refractivity contribution in [3.8, 4) is 0 Å². The van der Waals surface area contributed by atoms with Crippen LogP contribution in [0.3, 0.4) is 0 Å². The topological polar surface area (TPSA) is 66.3 Å². The van der Waals surface area contributed by atoms with Crippen LogP contribution in [-0.4, -0.2) is 25.2 Å². The summed E-state index contributed by atoms with van der Waals surface area (Å²) in [4.78, 5) is 11.5. The van der Waals surface area contributed by atoms with E-state index in [2.05, 4.69) is 16.0 Å². The van der Waals surface area contributed by atoms with E-state index in [1.165, 1.54) is 12.8 Å². The van der Waals surface area contributed by atoms with Gasteiger partial charge in [-0.25, -0.2) is 4.79 Å². The summed E-state index contributed by atoms with van der Waals surface area (Å²) >= 11 is 0. The van der Waals surface area contributed by atoms with Gasteiger partial charge in [-0.1, -0.05) is 6.42 Å². The first-order valence-corrected chi connectivity index (χ1v) is 6.12. The molecule has 2 amide bonds. The Morgan fingerprint density at radius 3 is 3.12 bits per heavy atom. The van der Waals surface area contributed by atoms with Crippen molar-refractivity contribution in [2.45, 2.75) is 31.8 Å². The fourth-order valence-corrected chi connectivity index (χ4v) is 1.96. The molecule has 5 heteroatoms. The largest absolute Gasteiger partial charge is 0.467 e. The Morgan fingerprint density at radius 1 is 1.47 bits per heavy atom. The summed E-state index contributed by atoms with van der Waals surface area (Å²) in [5.41, 5.74) is 0. The van der Waals surface area contributed by atoms with Crippen molar-refractivity contribution in [3.63, 3.8) is 0 Å². The zero-order valence-corrected chi connectivity index (χ0v) is 9.87. The van der Waals surface area contributed by atoms with E-state index in [1.807, 2.05) is 6.07 Å². The zero-order chi connectivity index (χ0) is 11.9. The minimum absolute atomic E-state index is 0.145. The summed E-state index contributed by atoms with van der Waals surface area (Å²) in [7, 11) is 0. The van der Waals surface area contributed by atoms with Crippen LogP contribution in [-0.2, 0) is 6.54 Å². The predicted molar refractivity (Wildman–Crippen MR) is 64.6 cm³/mol. The molecular weight excluding hydrogens is 218 g/mol. The number of piperidine rings is 1. The number of nitrogens with one attached hydrogen (secondary N) is 3. The molecule has 1 aromatic heterocycles. The normalized spacial score (nSPS) is 19.9. The lowest BCUT2D eigenvalue weighted by molar-refractivity contribution is 0.237. The molecule has 0 bridgehead atoms. The fourth-order valence-electron chi connectivity index (χ4n) is 1.96. The van der Waals surface area contributed by atoms with Crippen LogP contribution < -0.4 is 16.0 Å². The molecule has 1 aliphatic rings. The van der Waals surface area contributed by atoms with Crippen LogP contribution in [0.4, 0.5) is 4.79 Å². The van der Waals surface area contributed by atoms with Crippen LogP contribution in [0.25, 0.3) is 0 Å². The molecule has 1 atom stereocenters. The monoisotopic (exact) mass is 237 g/mol. The molecule has 94 valence electrons. The zero-order valence-electron chi connectivity index (χ0n) is 9.87. The molecule has 1 unspecified atom stereocenters. The molecule has 1 aromatic rings. The van der Waals surface area contributed by atoms with E-state index in [9.17, 15) is 4.79 Å². The lowest BCUT2D eigenvalue weighted by Gasteiger charge is -2.23. The number of furan rings is 1. The SMILES string of the molecule is O=C(NCc1ccco1)NCC1CCCCN1. The number of carbonyl (C=O) groups excluding carboxylic acids is 1. The highest BCUT2D eigenvalue weighted by Crippen LogP contribution is 2.05. The van der Waals surface area contributed by atoms with Crippen molar-refractivity contribution in [3.05, 3.63) is 24.2 Å². The summed E-state index contributed by atoms with van der Waals surface area (Å²) in [6, 6.07) is 3.91. The highest BCUT2D eigenvalue weighted by Gasteiger charge is 2.13. The van der Waals surface area contributed by atoms with Gasteiger partial charge in [0, 0.05) is 12.6 Å². The second-order valence-corrected chi connectivity index (χ2v) is 4.29. The van der Waals surface area contributed by atoms with E-state index in [0.717, 1.165) is 18.7 Å². The van der Waals surface area contributed by atoms with Crippen molar-refractivity contribution in [1.82, 2.24) is 16.0 Å². The number of amides is 2. The molecule has 0 radical (unpaired) electrons. The molecule has 1 aliphatic heterocycles. The number of rotatable bonds is 4. The van der Waals surface area contributed by atoms with E-state index in [-0.39, 0.29) is 6.03 Å². The van der Waals surface area contributed by atoms with Crippen molar-refractivity contribution in [2.24, 2.45) is 0 Å². The van der Waals surface area contributed by atoms with Crippen molar-refractivity contribution >= 4 is 6.03 Å². The molecule has 5 nitrogen and oxygen atoms in total. The first kappa shape index (κ1) is 12.0. The van der Waals surface area contributed by atoms with Crippen LogP contribution in [0.15, 0.2) is 22.8 Å². The molecule has 0 spiro atoms. The minimum atomic E-state index is -0.145. The van der Waals surface area contributed by atoms with Crippen molar-refractivity contribution in [2.75, 3.05) is 13.1 Å². The molecular formula is C12H19N3O2. The maximum absolute atomic E-state index is 11.5. The van der Waals surface area contributed by atoms with Crippen LogP contribution in [0, 0.1) is 0 Å². The summed E-state index contributed by atoms with van der Waals surface area (Å²) in [5.74, 6) is 0.760. The summed E-state index contributed by atoms with van der Waals surface area (Å²) in [5, 5.41) is 9.00. The number of hydrogen-bond donors (Lipinski definition) is 3. The van der Waals surface area contributed by atoms with Gasteiger partial charge in [0.15, 0.2) is 0 Å². The van der Waals surface area contributed by atoms with Gasteiger partial charge in [0.25, 0.3) is 0 Å². The third-order valence-electron chi connectivity index (χ3n) is 2.92. The van der Waals surface area contributed by atoms with Gasteiger partial charge in [-0.3, -0.25) is 0 Å². The van der Waals surface area contributed by atoms with Gasteiger partial charge in [0.1, 0.15) is 5.76 Å². The minimum Gasteiger partial charge on any atom is -0.467 e. The Hall–Kier alpha value is -1.49. The maximum Gasteiger partial charge on any atom is 0.315 e. The molecule has 2 rings (SSSR count). The Morgan fingerprint density at radius 2 is 2.41 bits per heavy atom. The quantitative estimate of drug-likeness (QED) is 0.737. The molecule has 0 aliphatic carbocycles. The first-order chi connectivity index (χ1) is 8.34. The highest BCUT2D eigenvalue weighted by molar-refractivity contribution is 5.73. The highest BCUT2D eigenvalue weighted by atomic mass is 16.3. The van der Waals surface area contributed by atoms with Crippen LogP contribution in [0.1, 0.15) is 25.0 Å². The summed E-state index contributed by atoms with van der Waals surface area (Å²) < 4.78 is 5.12. The Labute approximate surface area is 101 Å². The van der Waals surface area contributed by atoms with Gasteiger partial charge in [0.05, 0.1) is 12.8 Å². The van der Waals surface area contributed by atoms with Gasteiger partial charge in [-0.2, -0.15) is 0 Å². The third kappa shape index (κ3) is 4.11. The fraction of sp³-hybridized carbons (Fsp3) is 0.583. The standard InChI is InChI=1S/C12H19N3O2/c16-12(15-9-11-5-3-7-17-11)14-8-10-4-1-2-6-13-10/h3,5,7,10,13H,1-2,4,6,8-9H2,(H2,14,15,16). The smallest absolute Gasteiger partial charge is 0.315 e. The average Bonchev–Trinajstić information content (AvgIpc) is 2.88. The van der Waals surface area contributed by atoms with Crippen LogP contribution >= 0.6 is 0 Å². The second kappa shape index (κ2) is 6.30. The lowest BCUT2D eigenvalue weighted by atomic mass is 10.1. The van der Waals surface area contributed by atoms with Gasteiger partial charge in [0.2, 0.25) is 0 Å². The Bertz CT molecular complexity index is 332. The molecule has 17 heavy (non-hydrogen) atoms. The average molecular weight is 237 g/mol. The Balaban J connectivity index is 1.60. The predicted octanol–water partition coefficient (Wildman–Crippen LogP) is 1.22. The third-order valence-corrected chi connectivity index (χ3v) is 2.92. The molecule has 1 fully saturated rings. The molecule has 0 aromatic carbocycles. The van der Waals surface area contributed by atoms with E-state index in [4.69, 9.17) is 4.42 Å². The number of urea groups is 1. The number of hydrogen-bond acceptors (Lipinski definition) is 3. The van der Waals surface area contributed by atoms with Crippen molar-refractivity contribution in [1.29, 1.82) is 0 Å². The summed E-state index contributed by atoms with van der Waals surface area (Å²) in [6.45, 7) is 2.17. The molecule has 0 saturated carbocycles. The summed E-state index contributed by atoms with van der Waals surface area (Å²) in [6.07, 6.45) is 5.22. The van der Waals surface area contributed by atoms with E-state index in [0.29, 0.717) is 19.1 Å². The van der Waals surface area contributed by atoms with Crippen molar-refractivity contribution < 1.29 is 9.21 Å². The second-order valence-electron chi connectivity index (χ2n) is 4.29. The molecule has 3 N–H and O–H groups in total. The van der Waals surface area contributed by atoms with Gasteiger partial charge in [-0.05, 0) is 31.5 Å². The van der Waals surface area contributed by atoms with Gasteiger partial charge < -0.3 is 20.4 Å². The number of carbonyl (C=O) groups is 1. The van der Waals surface area contributed by atoms with E-state index >= 15 is 0 Å². The van der Waals surface area contributed by atoms with Gasteiger partial charge in [-0.15, -0.1) is 0 Å². The van der Waals surface area contributed by atoms with E-state index < -0.39 is 0 Å². The lowest BCUT2D eigenvalue weighted by Crippen LogP contribution is -2.46. The maximum atomic E-state index is 11.5. The Kier molecular flexibility index (Phi) is 4.44.